The van der Waals surface area contributed by atoms with Gasteiger partial charge in [0.2, 0.25) is 5.89 Å². The number of methoxy groups -OCH3 is 1. The quantitative estimate of drug-likeness (QED) is 0.379. The molecule has 1 aliphatic heterocycles. The van der Waals surface area contributed by atoms with E-state index >= 15 is 0 Å². The number of nitrogens with zero attached hydrogens (tertiary/aromatic N) is 4. The Kier molecular flexibility index (Phi) is 6.73. The maximum Gasteiger partial charge on any atom is 0.433 e. The smallest absolute Gasteiger partial charge is 0.433 e. The number of aromatic nitrogens is 3. The highest BCUT2D eigenvalue weighted by Crippen LogP contribution is 2.37. The van der Waals surface area contributed by atoms with E-state index < -0.39 is 17.8 Å². The summed E-state index contributed by atoms with van der Waals surface area (Å²) in [6, 6.07) is 5.18. The molecule has 4 heterocycles. The van der Waals surface area contributed by atoms with E-state index in [0.29, 0.717) is 10.9 Å². The number of benzene rings is 1. The number of oxazole rings is 1. The maximum absolute atomic E-state index is 13.3. The van der Waals surface area contributed by atoms with Crippen molar-refractivity contribution in [3.63, 3.8) is 0 Å². The number of halogens is 3. The highest BCUT2D eigenvalue weighted by Gasteiger charge is 2.33. The Bertz CT molecular complexity index is 1420. The lowest BCUT2D eigenvalue weighted by Gasteiger charge is -2.32. The van der Waals surface area contributed by atoms with Crippen LogP contribution in [0, 0.1) is 0 Å². The van der Waals surface area contributed by atoms with Crippen LogP contribution < -0.4 is 20.7 Å². The predicted molar refractivity (Wildman–Crippen MR) is 132 cm³/mol. The lowest BCUT2D eigenvalue weighted by Crippen LogP contribution is -2.45. The zero-order valence-electron chi connectivity index (χ0n) is 19.7. The third-order valence-electron chi connectivity index (χ3n) is 6.18. The Hall–Kier alpha value is -3.71. The lowest BCUT2D eigenvalue weighted by molar-refractivity contribution is -0.140. The topological polar surface area (TPSA) is 119 Å². The summed E-state index contributed by atoms with van der Waals surface area (Å²) < 4.78 is 50.8. The van der Waals surface area contributed by atoms with E-state index in [-0.39, 0.29) is 41.2 Å². The highest BCUT2D eigenvalue weighted by atomic mass is 32.1. The van der Waals surface area contributed by atoms with Crippen LogP contribution in [0.4, 0.5) is 18.3 Å². The summed E-state index contributed by atoms with van der Waals surface area (Å²) in [5.41, 5.74) is 5.19. The first-order valence-corrected chi connectivity index (χ1v) is 12.4. The number of pyridine rings is 1. The van der Waals surface area contributed by atoms with Crippen LogP contribution in [0.15, 0.2) is 40.3 Å². The summed E-state index contributed by atoms with van der Waals surface area (Å²) in [6.45, 7) is 1.44. The fourth-order valence-electron chi connectivity index (χ4n) is 4.32. The van der Waals surface area contributed by atoms with Gasteiger partial charge in [-0.25, -0.2) is 15.0 Å². The first kappa shape index (κ1) is 25.0. The second kappa shape index (κ2) is 9.98. The van der Waals surface area contributed by atoms with Gasteiger partial charge in [0.25, 0.3) is 5.91 Å². The largest absolute Gasteiger partial charge is 0.494 e. The predicted octanol–water partition coefficient (Wildman–Crippen LogP) is 4.23. The molecule has 0 unspecified atom stereocenters. The Balaban J connectivity index is 1.40. The summed E-state index contributed by atoms with van der Waals surface area (Å²) in [5.74, 6) is -0.0223. The van der Waals surface area contributed by atoms with Crippen molar-refractivity contribution < 1.29 is 27.1 Å². The average molecular weight is 533 g/mol. The average Bonchev–Trinajstić information content (AvgIpc) is 3.58. The van der Waals surface area contributed by atoms with Crippen molar-refractivity contribution in [2.24, 2.45) is 5.73 Å². The molecule has 1 fully saturated rings. The number of nitrogens with two attached hydrogens (primary N) is 1. The van der Waals surface area contributed by atoms with Crippen LogP contribution in [0.5, 0.6) is 5.75 Å². The number of nitrogens with one attached hydrogen (secondary N) is 1. The minimum absolute atomic E-state index is 0.000292. The number of piperidine rings is 1. The van der Waals surface area contributed by atoms with Crippen molar-refractivity contribution in [3.05, 3.63) is 53.0 Å². The second-order valence-electron chi connectivity index (χ2n) is 8.45. The van der Waals surface area contributed by atoms with Crippen LogP contribution in [-0.4, -0.2) is 47.1 Å². The fraction of sp³-hybridized carbons (Fsp3) is 0.333. The van der Waals surface area contributed by atoms with Gasteiger partial charge in [0, 0.05) is 41.7 Å². The molecule has 5 rings (SSSR count). The lowest BCUT2D eigenvalue weighted by atomic mass is 10.1. The molecule has 37 heavy (non-hydrogen) atoms. The van der Waals surface area contributed by atoms with Gasteiger partial charge in [0.15, 0.2) is 16.6 Å². The van der Waals surface area contributed by atoms with E-state index in [4.69, 9.17) is 14.9 Å². The summed E-state index contributed by atoms with van der Waals surface area (Å²) in [7, 11) is 1.35. The third kappa shape index (κ3) is 4.96. The fourth-order valence-corrected chi connectivity index (χ4v) is 5.02. The summed E-state index contributed by atoms with van der Waals surface area (Å²) in [5, 5.41) is 6.22. The maximum atomic E-state index is 13.3. The van der Waals surface area contributed by atoms with Crippen LogP contribution in [0.1, 0.15) is 34.8 Å². The second-order valence-corrected chi connectivity index (χ2v) is 9.32. The standard InChI is InChI=1S/C24H23F3N6O3S/c1-35-16-4-2-15(14-3-5-18(24(25,26)27)31-19(14)16)22-32-20(17(12-28)36-22)21(34)30-13-6-9-33(10-7-13)23-29-8-11-37-23/h2-5,8,11,13H,6-7,9-10,12,28H2,1H3,(H,30,34). The van der Waals surface area contributed by atoms with E-state index in [1.165, 1.54) is 19.2 Å². The van der Waals surface area contributed by atoms with Crippen molar-refractivity contribution >= 4 is 33.3 Å². The Morgan fingerprint density at radius 1 is 1.24 bits per heavy atom. The number of carbonyl (C=O) groups excluding carboxylic acids is 1. The number of rotatable bonds is 6. The molecular weight excluding hydrogens is 509 g/mol. The molecule has 0 spiro atoms. The van der Waals surface area contributed by atoms with E-state index in [2.05, 4.69) is 25.2 Å². The molecule has 3 aromatic heterocycles. The SMILES string of the molecule is COc1ccc(-c2nc(C(=O)NC3CCN(c4nccs4)CC3)c(CN)o2)c2ccc(C(F)(F)F)nc12. The molecule has 1 amide bonds. The first-order chi connectivity index (χ1) is 17.8. The van der Waals surface area contributed by atoms with E-state index in [1.807, 2.05) is 5.38 Å². The van der Waals surface area contributed by atoms with Crippen molar-refractivity contribution in [1.29, 1.82) is 0 Å². The van der Waals surface area contributed by atoms with Gasteiger partial charge in [-0.3, -0.25) is 4.79 Å². The molecule has 4 aromatic rings. The molecule has 1 aromatic carbocycles. The summed E-state index contributed by atoms with van der Waals surface area (Å²) in [6.07, 6.45) is -1.37. The third-order valence-corrected chi connectivity index (χ3v) is 7.01. The zero-order chi connectivity index (χ0) is 26.2. The van der Waals surface area contributed by atoms with Gasteiger partial charge in [0.1, 0.15) is 17.0 Å². The van der Waals surface area contributed by atoms with Crippen molar-refractivity contribution in [2.45, 2.75) is 31.6 Å². The van der Waals surface area contributed by atoms with Gasteiger partial charge < -0.3 is 25.1 Å². The number of hydrogen-bond donors (Lipinski definition) is 2. The number of ether oxygens (including phenoxy) is 1. The minimum Gasteiger partial charge on any atom is -0.494 e. The summed E-state index contributed by atoms with van der Waals surface area (Å²) >= 11 is 1.58. The van der Waals surface area contributed by atoms with E-state index in [1.54, 1.807) is 23.6 Å². The molecular formula is C24H23F3N6O3S. The molecule has 1 aliphatic rings. The molecule has 9 nitrogen and oxygen atoms in total. The number of thiazole rings is 1. The number of fused-ring (bicyclic) bond motifs is 1. The van der Waals surface area contributed by atoms with Crippen molar-refractivity contribution in [1.82, 2.24) is 20.3 Å². The Morgan fingerprint density at radius 3 is 2.68 bits per heavy atom. The molecule has 0 atom stereocenters. The van der Waals surface area contributed by atoms with Gasteiger partial charge in [-0.2, -0.15) is 13.2 Å². The minimum atomic E-state index is -4.62. The molecule has 0 bridgehead atoms. The molecule has 0 radical (unpaired) electrons. The van der Waals surface area contributed by atoms with Crippen LogP contribution in [0.3, 0.4) is 0 Å². The van der Waals surface area contributed by atoms with Crippen LogP contribution in [0.25, 0.3) is 22.4 Å². The van der Waals surface area contributed by atoms with Crippen LogP contribution >= 0.6 is 11.3 Å². The first-order valence-electron chi connectivity index (χ1n) is 11.5. The van der Waals surface area contributed by atoms with Crippen molar-refractivity contribution in [2.75, 3.05) is 25.1 Å². The van der Waals surface area contributed by atoms with Gasteiger partial charge in [0.05, 0.1) is 13.7 Å². The molecule has 0 saturated carbocycles. The van der Waals surface area contributed by atoms with Crippen LogP contribution in [0.2, 0.25) is 0 Å². The highest BCUT2D eigenvalue weighted by molar-refractivity contribution is 7.13. The number of carbonyl (C=O) groups is 1. The van der Waals surface area contributed by atoms with E-state index in [9.17, 15) is 18.0 Å². The van der Waals surface area contributed by atoms with Gasteiger partial charge in [-0.15, -0.1) is 11.3 Å². The molecule has 3 N–H and O–H groups in total. The zero-order valence-corrected chi connectivity index (χ0v) is 20.5. The number of hydrogen-bond acceptors (Lipinski definition) is 9. The molecule has 194 valence electrons. The van der Waals surface area contributed by atoms with E-state index in [0.717, 1.165) is 37.1 Å². The monoisotopic (exact) mass is 532 g/mol. The van der Waals surface area contributed by atoms with Gasteiger partial charge in [-0.05, 0) is 37.1 Å². The Morgan fingerprint density at radius 2 is 2.03 bits per heavy atom. The molecule has 1 saturated heterocycles. The Labute approximate surface area is 213 Å². The van der Waals surface area contributed by atoms with Gasteiger partial charge in [-0.1, -0.05) is 0 Å². The summed E-state index contributed by atoms with van der Waals surface area (Å²) in [4.78, 5) is 27.7. The number of amides is 1. The number of anilines is 1. The molecule has 0 aliphatic carbocycles. The molecule has 13 heteroatoms. The van der Waals surface area contributed by atoms with Crippen LogP contribution in [-0.2, 0) is 12.7 Å². The van der Waals surface area contributed by atoms with Crippen molar-refractivity contribution in [3.8, 4) is 17.2 Å². The normalized spacial score (nSPS) is 14.8. The number of alkyl halides is 3. The van der Waals surface area contributed by atoms with Gasteiger partial charge >= 0.3 is 6.18 Å².